The summed E-state index contributed by atoms with van der Waals surface area (Å²) in [5.74, 6) is 1.25. The minimum atomic E-state index is -0.134. The van der Waals surface area contributed by atoms with Gasteiger partial charge in [0.25, 0.3) is 0 Å². The molecular formula is C13H15Cl3O. The number of ether oxygens (including phenoxy) is 1. The zero-order valence-electron chi connectivity index (χ0n) is 10.1. The summed E-state index contributed by atoms with van der Waals surface area (Å²) in [4.78, 5) is 0. The molecule has 0 atom stereocenters. The Kier molecular flexibility index (Phi) is 5.18. The van der Waals surface area contributed by atoms with Crippen LogP contribution in [0, 0.1) is 5.41 Å². The molecule has 1 nitrogen and oxygen atoms in total. The maximum atomic E-state index is 6.04. The molecule has 0 N–H and O–H groups in total. The van der Waals surface area contributed by atoms with E-state index in [1.54, 1.807) is 18.2 Å². The molecule has 0 unspecified atom stereocenters. The largest absolute Gasteiger partial charge is 0.459 e. The number of benzene rings is 1. The molecule has 0 radical (unpaired) electrons. The Morgan fingerprint density at radius 1 is 1.35 bits per heavy atom. The summed E-state index contributed by atoms with van der Waals surface area (Å²) in [6.45, 7) is 6.20. The molecule has 1 aromatic carbocycles. The Bertz CT molecular complexity index is 425. The van der Waals surface area contributed by atoms with Gasteiger partial charge in [0.05, 0.1) is 5.02 Å². The van der Waals surface area contributed by atoms with Crippen LogP contribution in [0.1, 0.15) is 27.2 Å². The van der Waals surface area contributed by atoms with Crippen molar-refractivity contribution in [2.45, 2.75) is 27.2 Å². The molecule has 0 aliphatic carbocycles. The molecule has 4 heteroatoms. The monoisotopic (exact) mass is 292 g/mol. The van der Waals surface area contributed by atoms with Gasteiger partial charge in [-0.3, -0.25) is 0 Å². The number of hydrogen-bond donors (Lipinski definition) is 0. The summed E-state index contributed by atoms with van der Waals surface area (Å²) in [6, 6.07) is 5.10. The first kappa shape index (κ1) is 14.7. The highest BCUT2D eigenvalue weighted by Crippen LogP contribution is 2.36. The van der Waals surface area contributed by atoms with E-state index in [0.29, 0.717) is 21.6 Å². The maximum Gasteiger partial charge on any atom is 0.145 e. The van der Waals surface area contributed by atoms with Gasteiger partial charge in [-0.1, -0.05) is 55.6 Å². The molecule has 1 aromatic rings. The molecule has 0 amide bonds. The second-order valence-electron chi connectivity index (χ2n) is 4.39. The molecule has 0 saturated carbocycles. The number of allylic oxidation sites excluding steroid dienone is 1. The minimum Gasteiger partial charge on any atom is -0.459 e. The van der Waals surface area contributed by atoms with Gasteiger partial charge in [-0.2, -0.15) is 0 Å². The van der Waals surface area contributed by atoms with Gasteiger partial charge >= 0.3 is 0 Å². The van der Waals surface area contributed by atoms with Crippen molar-refractivity contribution in [1.29, 1.82) is 0 Å². The summed E-state index contributed by atoms with van der Waals surface area (Å²) in [5.41, 5.74) is 1.32. The lowest BCUT2D eigenvalue weighted by molar-refractivity contribution is 0.268. The van der Waals surface area contributed by atoms with E-state index in [1.807, 2.05) is 0 Å². The van der Waals surface area contributed by atoms with Crippen molar-refractivity contribution in [2.75, 3.05) is 0 Å². The lowest BCUT2D eigenvalue weighted by Gasteiger charge is -2.26. The van der Waals surface area contributed by atoms with Crippen LogP contribution in [0.15, 0.2) is 29.5 Å². The Balaban J connectivity index is 2.97. The molecule has 0 aliphatic rings. The van der Waals surface area contributed by atoms with Gasteiger partial charge in [0.1, 0.15) is 11.5 Å². The summed E-state index contributed by atoms with van der Waals surface area (Å²) in [5, 5.41) is 1.05. The van der Waals surface area contributed by atoms with Crippen molar-refractivity contribution >= 4 is 34.8 Å². The zero-order chi connectivity index (χ0) is 13.1. The third kappa shape index (κ3) is 3.80. The Morgan fingerprint density at radius 2 is 2.00 bits per heavy atom. The quantitative estimate of drug-likeness (QED) is 0.629. The van der Waals surface area contributed by atoms with Crippen LogP contribution in [0.25, 0.3) is 0 Å². The lowest BCUT2D eigenvalue weighted by atomic mass is 9.88. The second-order valence-corrected chi connectivity index (χ2v) is 5.45. The van der Waals surface area contributed by atoms with Gasteiger partial charge in [0.15, 0.2) is 0 Å². The van der Waals surface area contributed by atoms with Gasteiger partial charge in [-0.25, -0.2) is 0 Å². The molecule has 0 bridgehead atoms. The van der Waals surface area contributed by atoms with E-state index in [-0.39, 0.29) is 5.41 Å². The van der Waals surface area contributed by atoms with E-state index in [0.717, 1.165) is 6.42 Å². The van der Waals surface area contributed by atoms with Gasteiger partial charge in [-0.05, 0) is 24.6 Å². The van der Waals surface area contributed by atoms with Crippen LogP contribution in [0.4, 0.5) is 0 Å². The summed E-state index contributed by atoms with van der Waals surface area (Å²) in [7, 11) is 0. The fraction of sp³-hybridized carbons (Fsp3) is 0.385. The van der Waals surface area contributed by atoms with Crippen LogP contribution in [-0.2, 0) is 0 Å². The van der Waals surface area contributed by atoms with Crippen LogP contribution < -0.4 is 4.74 Å². The average Bonchev–Trinajstić information content (AvgIpc) is 2.27. The van der Waals surface area contributed by atoms with Crippen LogP contribution in [-0.4, -0.2) is 0 Å². The summed E-state index contributed by atoms with van der Waals surface area (Å²) in [6.07, 6.45) is 0.913. The number of halogens is 3. The molecule has 17 heavy (non-hydrogen) atoms. The first-order chi connectivity index (χ1) is 7.90. The normalized spacial score (nSPS) is 12.7. The zero-order valence-corrected chi connectivity index (χ0v) is 12.3. The van der Waals surface area contributed by atoms with Crippen LogP contribution in [0.5, 0.6) is 5.75 Å². The third-order valence-corrected chi connectivity index (χ3v) is 3.49. The van der Waals surface area contributed by atoms with E-state index in [1.165, 1.54) is 5.54 Å². The van der Waals surface area contributed by atoms with E-state index in [2.05, 4.69) is 20.8 Å². The molecule has 0 heterocycles. The smallest absolute Gasteiger partial charge is 0.145 e. The van der Waals surface area contributed by atoms with Gasteiger partial charge < -0.3 is 4.74 Å². The highest BCUT2D eigenvalue weighted by Gasteiger charge is 2.23. The second kappa shape index (κ2) is 5.99. The topological polar surface area (TPSA) is 9.23 Å². The van der Waals surface area contributed by atoms with Crippen molar-refractivity contribution in [3.05, 3.63) is 39.5 Å². The van der Waals surface area contributed by atoms with E-state index in [4.69, 9.17) is 39.5 Å². The molecule has 0 aliphatic heterocycles. The molecule has 0 saturated heterocycles. The van der Waals surface area contributed by atoms with Crippen molar-refractivity contribution in [3.63, 3.8) is 0 Å². The van der Waals surface area contributed by atoms with Crippen LogP contribution in [0.3, 0.4) is 0 Å². The maximum absolute atomic E-state index is 6.04. The Hall–Kier alpha value is -0.370. The first-order valence-corrected chi connectivity index (χ1v) is 6.53. The molecular weight excluding hydrogens is 279 g/mol. The van der Waals surface area contributed by atoms with E-state index < -0.39 is 0 Å². The first-order valence-electron chi connectivity index (χ1n) is 5.34. The van der Waals surface area contributed by atoms with Crippen molar-refractivity contribution < 1.29 is 4.74 Å². The van der Waals surface area contributed by atoms with Crippen molar-refractivity contribution in [1.82, 2.24) is 0 Å². The van der Waals surface area contributed by atoms with Crippen LogP contribution in [0.2, 0.25) is 10.0 Å². The molecule has 0 fully saturated rings. The third-order valence-electron chi connectivity index (χ3n) is 2.76. The molecule has 94 valence electrons. The molecule has 0 spiro atoms. The SMILES string of the molecule is CCC(C)(C)/C(=C/Cl)Oc1ccc(Cl)cc1Cl. The number of hydrogen-bond acceptors (Lipinski definition) is 1. The molecule has 0 aromatic heterocycles. The average molecular weight is 294 g/mol. The fourth-order valence-corrected chi connectivity index (χ4v) is 1.95. The number of rotatable bonds is 4. The van der Waals surface area contributed by atoms with Crippen LogP contribution >= 0.6 is 34.8 Å². The van der Waals surface area contributed by atoms with Gasteiger partial charge in [0, 0.05) is 16.0 Å². The van der Waals surface area contributed by atoms with Gasteiger partial charge in [-0.15, -0.1) is 0 Å². The minimum absolute atomic E-state index is 0.134. The van der Waals surface area contributed by atoms with E-state index >= 15 is 0 Å². The Labute approximate surface area is 117 Å². The predicted molar refractivity (Wildman–Crippen MR) is 75.1 cm³/mol. The van der Waals surface area contributed by atoms with Gasteiger partial charge in [0.2, 0.25) is 0 Å². The van der Waals surface area contributed by atoms with Crippen molar-refractivity contribution in [3.8, 4) is 5.75 Å². The summed E-state index contributed by atoms with van der Waals surface area (Å²) < 4.78 is 5.74. The fourth-order valence-electron chi connectivity index (χ4n) is 1.16. The lowest BCUT2D eigenvalue weighted by Crippen LogP contribution is -2.17. The Morgan fingerprint density at radius 3 is 2.47 bits per heavy atom. The van der Waals surface area contributed by atoms with E-state index in [9.17, 15) is 0 Å². The summed E-state index contributed by atoms with van der Waals surface area (Å²) >= 11 is 17.7. The van der Waals surface area contributed by atoms with Crippen molar-refractivity contribution in [2.24, 2.45) is 5.41 Å². The molecule has 1 rings (SSSR count). The highest BCUT2D eigenvalue weighted by molar-refractivity contribution is 6.35. The predicted octanol–water partition coefficient (Wildman–Crippen LogP) is 5.89. The standard InChI is InChI=1S/C13H15Cl3O/c1-4-13(2,3)12(8-14)17-11-6-5-9(15)7-10(11)16/h5-8H,4H2,1-3H3/b12-8-. The highest BCUT2D eigenvalue weighted by atomic mass is 35.5.